The van der Waals surface area contributed by atoms with Gasteiger partial charge in [-0.1, -0.05) is 13.8 Å². The maximum absolute atomic E-state index is 12.9. The molecule has 0 unspecified atom stereocenters. The maximum Gasteiger partial charge on any atom is 0.247 e. The Balaban J connectivity index is 2.23. The quantitative estimate of drug-likeness (QED) is 0.511. The fourth-order valence-electron chi connectivity index (χ4n) is 3.33. The van der Waals surface area contributed by atoms with Crippen LogP contribution in [-0.4, -0.2) is 59.0 Å². The number of nitrogens with zero attached hydrogens (tertiary/aromatic N) is 2. The number of benzene rings is 2. The fraction of sp³-hybridized carbons (Fsp3) is 0.409. The zero-order valence-electron chi connectivity index (χ0n) is 19.5. The number of anilines is 2. The van der Waals surface area contributed by atoms with Crippen molar-refractivity contribution in [3.05, 3.63) is 48.5 Å². The number of carbonyl (C=O) groups excluding carboxylic acids is 1. The average molecular weight is 498 g/mol. The van der Waals surface area contributed by atoms with E-state index in [2.05, 4.69) is 5.32 Å². The maximum atomic E-state index is 12.9. The van der Waals surface area contributed by atoms with E-state index in [4.69, 9.17) is 4.74 Å². The van der Waals surface area contributed by atoms with Crippen molar-refractivity contribution in [2.75, 3.05) is 35.6 Å². The second-order valence-corrected chi connectivity index (χ2v) is 11.1. The first-order valence-electron chi connectivity index (χ1n) is 10.6. The number of carbonyl (C=O) groups is 1. The first-order valence-corrected chi connectivity index (χ1v) is 13.9. The van der Waals surface area contributed by atoms with Crippen molar-refractivity contribution in [1.29, 1.82) is 0 Å². The molecular weight excluding hydrogens is 466 g/mol. The minimum Gasteiger partial charge on any atom is -0.494 e. The Hall–Kier alpha value is -2.63. The van der Waals surface area contributed by atoms with Gasteiger partial charge in [0.2, 0.25) is 26.0 Å². The van der Waals surface area contributed by atoms with Crippen molar-refractivity contribution in [3.8, 4) is 5.75 Å². The van der Waals surface area contributed by atoms with Crippen molar-refractivity contribution >= 4 is 37.3 Å². The summed E-state index contributed by atoms with van der Waals surface area (Å²) in [6.07, 6.45) is 1.03. The summed E-state index contributed by atoms with van der Waals surface area (Å²) in [6, 6.07) is 11.1. The molecule has 0 heterocycles. The summed E-state index contributed by atoms with van der Waals surface area (Å²) in [6.45, 7) is 8.01. The molecule has 0 saturated carbocycles. The van der Waals surface area contributed by atoms with E-state index in [1.54, 1.807) is 38.1 Å². The van der Waals surface area contributed by atoms with Crippen LogP contribution >= 0.6 is 0 Å². The third kappa shape index (κ3) is 6.46. The Labute approximate surface area is 196 Å². The van der Waals surface area contributed by atoms with Crippen LogP contribution in [0.1, 0.15) is 27.7 Å². The van der Waals surface area contributed by atoms with Crippen LogP contribution in [0.25, 0.3) is 0 Å². The van der Waals surface area contributed by atoms with Crippen molar-refractivity contribution in [3.63, 3.8) is 0 Å². The van der Waals surface area contributed by atoms with Gasteiger partial charge in [-0.15, -0.1) is 0 Å². The molecule has 1 N–H and O–H groups in total. The summed E-state index contributed by atoms with van der Waals surface area (Å²) in [7, 11) is -7.39. The highest BCUT2D eigenvalue weighted by molar-refractivity contribution is 7.92. The number of ether oxygens (including phenoxy) is 1. The van der Waals surface area contributed by atoms with Gasteiger partial charge in [-0.05, 0) is 62.4 Å². The van der Waals surface area contributed by atoms with E-state index in [0.717, 1.165) is 10.6 Å². The standard InChI is InChI=1S/C22H31N3O6S2/c1-6-24(7-2)33(29,30)21-15-9-18(10-16-21)23-22(26)17(4)25(32(5,27)28)19-11-13-20(14-12-19)31-8-3/h9-17H,6-8H2,1-5H3,(H,23,26)/t17-/m0/s1. The fourth-order valence-corrected chi connectivity index (χ4v) is 5.97. The smallest absolute Gasteiger partial charge is 0.247 e. The van der Waals surface area contributed by atoms with E-state index in [0.29, 0.717) is 36.8 Å². The van der Waals surface area contributed by atoms with E-state index in [-0.39, 0.29) is 4.90 Å². The summed E-state index contributed by atoms with van der Waals surface area (Å²) >= 11 is 0. The van der Waals surface area contributed by atoms with Crippen LogP contribution in [0.5, 0.6) is 5.75 Å². The minimum atomic E-state index is -3.77. The molecule has 9 nitrogen and oxygen atoms in total. The van der Waals surface area contributed by atoms with Gasteiger partial charge >= 0.3 is 0 Å². The van der Waals surface area contributed by atoms with Gasteiger partial charge in [0.05, 0.1) is 23.4 Å². The lowest BCUT2D eigenvalue weighted by Gasteiger charge is -2.28. The van der Waals surface area contributed by atoms with Gasteiger partial charge in [0.1, 0.15) is 11.8 Å². The van der Waals surface area contributed by atoms with Crippen LogP contribution in [0.3, 0.4) is 0 Å². The molecular formula is C22H31N3O6S2. The van der Waals surface area contributed by atoms with Crippen LogP contribution in [-0.2, 0) is 24.8 Å². The molecule has 0 aliphatic heterocycles. The predicted molar refractivity (Wildman–Crippen MR) is 130 cm³/mol. The molecule has 2 rings (SSSR count). The second-order valence-electron chi connectivity index (χ2n) is 7.26. The lowest BCUT2D eigenvalue weighted by Crippen LogP contribution is -2.45. The average Bonchev–Trinajstić information content (AvgIpc) is 2.75. The van der Waals surface area contributed by atoms with Crippen molar-refractivity contribution in [2.24, 2.45) is 0 Å². The van der Waals surface area contributed by atoms with Crippen LogP contribution in [0.2, 0.25) is 0 Å². The summed E-state index contributed by atoms with van der Waals surface area (Å²) in [5, 5.41) is 2.65. The Morgan fingerprint density at radius 2 is 1.48 bits per heavy atom. The molecule has 2 aromatic carbocycles. The largest absolute Gasteiger partial charge is 0.494 e. The molecule has 1 amide bonds. The van der Waals surface area contributed by atoms with E-state index in [1.807, 2.05) is 6.92 Å². The van der Waals surface area contributed by atoms with E-state index in [1.165, 1.54) is 35.5 Å². The number of sulfonamides is 2. The highest BCUT2D eigenvalue weighted by atomic mass is 32.2. The zero-order valence-corrected chi connectivity index (χ0v) is 21.1. The van der Waals surface area contributed by atoms with Crippen LogP contribution in [0.15, 0.2) is 53.4 Å². The van der Waals surface area contributed by atoms with E-state index in [9.17, 15) is 21.6 Å². The number of hydrogen-bond acceptors (Lipinski definition) is 6. The molecule has 0 fully saturated rings. The number of nitrogens with one attached hydrogen (secondary N) is 1. The van der Waals surface area contributed by atoms with Crippen molar-refractivity contribution in [2.45, 2.75) is 38.6 Å². The Bertz CT molecular complexity index is 1140. The highest BCUT2D eigenvalue weighted by Crippen LogP contribution is 2.25. The van der Waals surface area contributed by atoms with Gasteiger partial charge in [0.25, 0.3) is 0 Å². The molecule has 0 aromatic heterocycles. The molecule has 0 aliphatic carbocycles. The predicted octanol–water partition coefficient (Wildman–Crippen LogP) is 2.91. The number of rotatable bonds is 11. The third-order valence-electron chi connectivity index (χ3n) is 4.96. The topological polar surface area (TPSA) is 113 Å². The Morgan fingerprint density at radius 3 is 1.94 bits per heavy atom. The molecule has 0 aliphatic rings. The summed E-state index contributed by atoms with van der Waals surface area (Å²) in [5.41, 5.74) is 0.676. The molecule has 0 spiro atoms. The molecule has 0 bridgehead atoms. The molecule has 0 saturated heterocycles. The molecule has 11 heteroatoms. The normalized spacial score (nSPS) is 12.9. The summed E-state index contributed by atoms with van der Waals surface area (Å²) < 4.78 is 57.9. The molecule has 2 aromatic rings. The first kappa shape index (κ1) is 26.6. The molecule has 0 radical (unpaired) electrons. The van der Waals surface area contributed by atoms with Gasteiger partial charge in [-0.2, -0.15) is 4.31 Å². The van der Waals surface area contributed by atoms with Gasteiger partial charge < -0.3 is 10.1 Å². The Morgan fingerprint density at radius 1 is 0.939 bits per heavy atom. The second kappa shape index (κ2) is 11.0. The highest BCUT2D eigenvalue weighted by Gasteiger charge is 2.29. The molecule has 1 atom stereocenters. The monoisotopic (exact) mass is 497 g/mol. The van der Waals surface area contributed by atoms with Gasteiger partial charge in [0, 0.05) is 18.8 Å². The summed E-state index contributed by atoms with van der Waals surface area (Å²) in [5.74, 6) is 0.0280. The van der Waals surface area contributed by atoms with Gasteiger partial charge in [-0.3, -0.25) is 9.10 Å². The summed E-state index contributed by atoms with van der Waals surface area (Å²) in [4.78, 5) is 13.0. The van der Waals surface area contributed by atoms with Crippen LogP contribution in [0, 0.1) is 0 Å². The third-order valence-corrected chi connectivity index (χ3v) is 8.26. The lowest BCUT2D eigenvalue weighted by molar-refractivity contribution is -0.116. The number of amides is 1. The van der Waals surface area contributed by atoms with E-state index >= 15 is 0 Å². The molecule has 33 heavy (non-hydrogen) atoms. The van der Waals surface area contributed by atoms with Gasteiger partial charge in [-0.25, -0.2) is 16.8 Å². The lowest BCUT2D eigenvalue weighted by atomic mass is 10.2. The van der Waals surface area contributed by atoms with Crippen LogP contribution in [0.4, 0.5) is 11.4 Å². The Kier molecular flexibility index (Phi) is 8.87. The van der Waals surface area contributed by atoms with Crippen molar-refractivity contribution in [1.82, 2.24) is 4.31 Å². The van der Waals surface area contributed by atoms with Crippen LogP contribution < -0.4 is 14.4 Å². The SMILES string of the molecule is CCOc1ccc(N([C@@H](C)C(=O)Nc2ccc(S(=O)(=O)N(CC)CC)cc2)S(C)(=O)=O)cc1. The molecule has 182 valence electrons. The first-order chi connectivity index (χ1) is 15.4. The van der Waals surface area contributed by atoms with Crippen molar-refractivity contribution < 1.29 is 26.4 Å². The van der Waals surface area contributed by atoms with E-state index < -0.39 is 32.0 Å². The number of hydrogen-bond donors (Lipinski definition) is 1. The minimum absolute atomic E-state index is 0.115. The van der Waals surface area contributed by atoms with Gasteiger partial charge in [0.15, 0.2) is 0 Å². The zero-order chi connectivity index (χ0) is 24.8.